The molecule has 1 aliphatic carbocycles. The van der Waals surface area contributed by atoms with Crippen LogP contribution >= 0.6 is 11.6 Å². The maximum Gasteiger partial charge on any atom is 0.311 e. The van der Waals surface area contributed by atoms with Gasteiger partial charge in [0, 0.05) is 10.7 Å². The number of benzene rings is 1. The second-order valence-corrected chi connectivity index (χ2v) is 5.83. The third kappa shape index (κ3) is 3.63. The van der Waals surface area contributed by atoms with Crippen molar-refractivity contribution in [3.63, 3.8) is 0 Å². The lowest BCUT2D eigenvalue weighted by Crippen LogP contribution is -2.14. The summed E-state index contributed by atoms with van der Waals surface area (Å²) in [5.41, 5.74) is 7.06. The minimum Gasteiger partial charge on any atom is -0.481 e. The molecule has 0 heterocycles. The average molecular weight is 282 g/mol. The van der Waals surface area contributed by atoms with Crippen molar-refractivity contribution >= 4 is 23.3 Å². The Morgan fingerprint density at radius 1 is 1.42 bits per heavy atom. The van der Waals surface area contributed by atoms with Crippen LogP contribution in [0.5, 0.6) is 0 Å². The quantitative estimate of drug-likeness (QED) is 0.800. The first kappa shape index (κ1) is 14.2. The normalized spacial score (nSPS) is 17.5. The fourth-order valence-corrected chi connectivity index (χ4v) is 3.14. The van der Waals surface area contributed by atoms with E-state index >= 15 is 0 Å². The maximum atomic E-state index is 11.5. The molecule has 19 heavy (non-hydrogen) atoms. The number of carboxylic acids is 1. The van der Waals surface area contributed by atoms with Crippen LogP contribution < -0.4 is 5.73 Å². The van der Waals surface area contributed by atoms with Crippen molar-refractivity contribution in [2.24, 2.45) is 5.92 Å². The van der Waals surface area contributed by atoms with Gasteiger partial charge in [-0.2, -0.15) is 0 Å². The van der Waals surface area contributed by atoms with Gasteiger partial charge in [0.05, 0.1) is 5.92 Å². The summed E-state index contributed by atoms with van der Waals surface area (Å²) >= 11 is 5.94. The lowest BCUT2D eigenvalue weighted by molar-refractivity contribution is -0.139. The Hall–Kier alpha value is -1.22. The zero-order chi connectivity index (χ0) is 13.8. The summed E-state index contributed by atoms with van der Waals surface area (Å²) in [6.07, 6.45) is 6.63. The number of carboxylic acid groups (broad SMARTS) is 1. The molecule has 104 valence electrons. The predicted octanol–water partition coefficient (Wildman–Crippen LogP) is 4.06. The fraction of sp³-hybridized carbons (Fsp3) is 0.533. The summed E-state index contributed by atoms with van der Waals surface area (Å²) in [5, 5.41) is 9.96. The number of rotatable bonds is 5. The van der Waals surface area contributed by atoms with E-state index in [9.17, 15) is 9.90 Å². The molecule has 0 bridgehead atoms. The van der Waals surface area contributed by atoms with Gasteiger partial charge in [0.2, 0.25) is 0 Å². The predicted molar refractivity (Wildman–Crippen MR) is 77.4 cm³/mol. The van der Waals surface area contributed by atoms with E-state index in [4.69, 9.17) is 17.3 Å². The first-order valence-corrected chi connectivity index (χ1v) is 7.23. The van der Waals surface area contributed by atoms with Crippen molar-refractivity contribution in [3.05, 3.63) is 28.8 Å². The smallest absolute Gasteiger partial charge is 0.311 e. The van der Waals surface area contributed by atoms with Crippen molar-refractivity contribution in [1.82, 2.24) is 0 Å². The van der Waals surface area contributed by atoms with Crippen LogP contribution in [-0.4, -0.2) is 11.1 Å². The molecule has 1 fully saturated rings. The number of hydrogen-bond acceptors (Lipinski definition) is 2. The Labute approximate surface area is 118 Å². The van der Waals surface area contributed by atoms with Gasteiger partial charge in [0.15, 0.2) is 0 Å². The van der Waals surface area contributed by atoms with E-state index in [0.29, 0.717) is 28.6 Å². The molecular formula is C15H20ClNO2. The number of nitrogens with two attached hydrogens (primary N) is 1. The van der Waals surface area contributed by atoms with Crippen molar-refractivity contribution in [2.45, 2.75) is 44.4 Å². The lowest BCUT2D eigenvalue weighted by Gasteiger charge is -2.17. The van der Waals surface area contributed by atoms with Gasteiger partial charge in [0.25, 0.3) is 0 Å². The molecule has 1 unspecified atom stereocenters. The van der Waals surface area contributed by atoms with Crippen molar-refractivity contribution < 1.29 is 9.90 Å². The number of hydrogen-bond donors (Lipinski definition) is 2. The van der Waals surface area contributed by atoms with Gasteiger partial charge in [-0.05, 0) is 42.5 Å². The van der Waals surface area contributed by atoms with Gasteiger partial charge in [-0.25, -0.2) is 0 Å². The second kappa shape index (κ2) is 6.29. The summed E-state index contributed by atoms with van der Waals surface area (Å²) in [6, 6.07) is 5.06. The van der Waals surface area contributed by atoms with Crippen LogP contribution in [0.3, 0.4) is 0 Å². The number of halogens is 1. The Balaban J connectivity index is 2.10. The Bertz CT molecular complexity index is 455. The van der Waals surface area contributed by atoms with Gasteiger partial charge in [0.1, 0.15) is 0 Å². The summed E-state index contributed by atoms with van der Waals surface area (Å²) < 4.78 is 0. The SMILES string of the molecule is Nc1ccc(Cl)cc1C(CCC1CCCC1)C(=O)O. The number of aliphatic carboxylic acids is 1. The molecule has 4 heteroatoms. The fourth-order valence-electron chi connectivity index (χ4n) is 2.96. The molecule has 3 N–H and O–H groups in total. The Morgan fingerprint density at radius 2 is 2.11 bits per heavy atom. The zero-order valence-corrected chi connectivity index (χ0v) is 11.7. The minimum absolute atomic E-state index is 0.517. The Kier molecular flexibility index (Phi) is 4.70. The topological polar surface area (TPSA) is 63.3 Å². The van der Waals surface area contributed by atoms with E-state index in [-0.39, 0.29) is 0 Å². The number of anilines is 1. The van der Waals surface area contributed by atoms with Crippen LogP contribution in [0.25, 0.3) is 0 Å². The van der Waals surface area contributed by atoms with Gasteiger partial charge < -0.3 is 10.8 Å². The highest BCUT2D eigenvalue weighted by molar-refractivity contribution is 6.30. The highest BCUT2D eigenvalue weighted by Gasteiger charge is 2.24. The Morgan fingerprint density at radius 3 is 2.74 bits per heavy atom. The molecule has 1 atom stereocenters. The summed E-state index contributed by atoms with van der Waals surface area (Å²) in [7, 11) is 0. The third-order valence-corrected chi connectivity index (χ3v) is 4.30. The molecular weight excluding hydrogens is 262 g/mol. The van der Waals surface area contributed by atoms with Crippen LogP contribution in [-0.2, 0) is 4.79 Å². The molecule has 0 aliphatic heterocycles. The number of carbonyl (C=O) groups is 1. The second-order valence-electron chi connectivity index (χ2n) is 5.39. The van der Waals surface area contributed by atoms with Gasteiger partial charge in [-0.3, -0.25) is 4.79 Å². The van der Waals surface area contributed by atoms with E-state index in [1.807, 2.05) is 0 Å². The van der Waals surface area contributed by atoms with Gasteiger partial charge >= 0.3 is 5.97 Å². The standard InChI is InChI=1S/C15H20ClNO2/c16-11-6-8-14(17)13(9-11)12(15(18)19)7-5-10-3-1-2-4-10/h6,8-10,12H,1-5,7,17H2,(H,18,19). The molecule has 1 aromatic rings. The summed E-state index contributed by atoms with van der Waals surface area (Å²) in [4.78, 5) is 11.5. The molecule has 2 rings (SSSR count). The van der Waals surface area contributed by atoms with Crippen LogP contribution in [0.4, 0.5) is 5.69 Å². The zero-order valence-electron chi connectivity index (χ0n) is 10.9. The van der Waals surface area contributed by atoms with Crippen molar-refractivity contribution in [3.8, 4) is 0 Å². The summed E-state index contributed by atoms with van der Waals surface area (Å²) in [5.74, 6) is -0.673. The van der Waals surface area contributed by atoms with Crippen LogP contribution in [0.1, 0.15) is 50.0 Å². The maximum absolute atomic E-state index is 11.5. The average Bonchev–Trinajstić information content (AvgIpc) is 2.86. The third-order valence-electron chi connectivity index (χ3n) is 4.06. The molecule has 0 spiro atoms. The first-order valence-electron chi connectivity index (χ1n) is 6.85. The molecule has 1 aromatic carbocycles. The molecule has 0 aromatic heterocycles. The van der Waals surface area contributed by atoms with Crippen LogP contribution in [0.2, 0.25) is 5.02 Å². The molecule has 0 radical (unpaired) electrons. The summed E-state index contributed by atoms with van der Waals surface area (Å²) in [6.45, 7) is 0. The monoisotopic (exact) mass is 281 g/mol. The highest BCUT2D eigenvalue weighted by Crippen LogP contribution is 2.34. The van der Waals surface area contributed by atoms with Crippen molar-refractivity contribution in [1.29, 1.82) is 0 Å². The van der Waals surface area contributed by atoms with Crippen molar-refractivity contribution in [2.75, 3.05) is 5.73 Å². The molecule has 1 saturated carbocycles. The number of nitrogen functional groups attached to an aromatic ring is 1. The van der Waals surface area contributed by atoms with Gasteiger partial charge in [-0.15, -0.1) is 0 Å². The van der Waals surface area contributed by atoms with Gasteiger partial charge in [-0.1, -0.05) is 37.3 Å². The van der Waals surface area contributed by atoms with E-state index in [2.05, 4.69) is 0 Å². The largest absolute Gasteiger partial charge is 0.481 e. The minimum atomic E-state index is -0.813. The van der Waals surface area contributed by atoms with E-state index in [0.717, 1.165) is 6.42 Å². The lowest BCUT2D eigenvalue weighted by atomic mass is 9.89. The molecule has 1 aliphatic rings. The molecule has 3 nitrogen and oxygen atoms in total. The first-order chi connectivity index (χ1) is 9.08. The highest BCUT2D eigenvalue weighted by atomic mass is 35.5. The van der Waals surface area contributed by atoms with E-state index in [1.165, 1.54) is 25.7 Å². The molecule has 0 saturated heterocycles. The van der Waals surface area contributed by atoms with Crippen LogP contribution in [0.15, 0.2) is 18.2 Å². The van der Waals surface area contributed by atoms with Crippen LogP contribution in [0, 0.1) is 5.92 Å². The molecule has 0 amide bonds. The van der Waals surface area contributed by atoms with E-state index < -0.39 is 11.9 Å². The van der Waals surface area contributed by atoms with E-state index in [1.54, 1.807) is 18.2 Å².